The number of piperazine rings is 1. The Balaban J connectivity index is 1.92. The Morgan fingerprint density at radius 3 is 3.29 bits per heavy atom. The molecule has 14 heavy (non-hydrogen) atoms. The number of fused-ring (bicyclic) bond motifs is 1. The molecule has 0 aromatic heterocycles. The molecule has 0 radical (unpaired) electrons. The molecular formula is C9H16N2O3. The van der Waals surface area contributed by atoms with Crippen LogP contribution < -0.4 is 5.32 Å². The lowest BCUT2D eigenvalue weighted by Crippen LogP contribution is -2.62. The van der Waals surface area contributed by atoms with E-state index in [1.165, 1.54) is 7.11 Å². The smallest absolute Gasteiger partial charge is 0.324 e. The molecule has 2 heterocycles. The number of nitrogens with one attached hydrogen (secondary N) is 1. The predicted octanol–water partition coefficient (Wildman–Crippen LogP) is -1.17. The molecule has 5 nitrogen and oxygen atoms in total. The molecule has 2 rings (SSSR count). The minimum Gasteiger partial charge on any atom is -0.468 e. The van der Waals surface area contributed by atoms with Gasteiger partial charge in [-0.2, -0.15) is 0 Å². The molecule has 2 saturated heterocycles. The topological polar surface area (TPSA) is 50.8 Å². The van der Waals surface area contributed by atoms with Crippen LogP contribution in [0.4, 0.5) is 0 Å². The Bertz CT molecular complexity index is 222. The van der Waals surface area contributed by atoms with Gasteiger partial charge < -0.3 is 14.8 Å². The van der Waals surface area contributed by atoms with Crippen molar-refractivity contribution in [2.75, 3.05) is 40.0 Å². The third-order valence-electron chi connectivity index (χ3n) is 2.85. The highest BCUT2D eigenvalue weighted by atomic mass is 16.5. The van der Waals surface area contributed by atoms with Crippen LogP contribution in [-0.4, -0.2) is 62.9 Å². The summed E-state index contributed by atoms with van der Waals surface area (Å²) in [5, 5.41) is 3.17. The van der Waals surface area contributed by atoms with Crippen LogP contribution >= 0.6 is 0 Å². The zero-order chi connectivity index (χ0) is 9.97. The molecule has 80 valence electrons. The van der Waals surface area contributed by atoms with E-state index < -0.39 is 0 Å². The number of ether oxygens (including phenoxy) is 2. The maximum atomic E-state index is 11.3. The Hall–Kier alpha value is -0.650. The summed E-state index contributed by atoms with van der Waals surface area (Å²) in [6, 6.07) is 0.249. The molecular weight excluding hydrogens is 184 g/mol. The highest BCUT2D eigenvalue weighted by Gasteiger charge is 2.33. The first kappa shape index (κ1) is 9.89. The highest BCUT2D eigenvalue weighted by Crippen LogP contribution is 2.11. The molecule has 0 aromatic rings. The van der Waals surface area contributed by atoms with Gasteiger partial charge in [-0.3, -0.25) is 9.69 Å². The van der Waals surface area contributed by atoms with Crippen LogP contribution in [0.25, 0.3) is 0 Å². The van der Waals surface area contributed by atoms with Crippen molar-refractivity contribution in [3.05, 3.63) is 0 Å². The van der Waals surface area contributed by atoms with Crippen molar-refractivity contribution in [2.45, 2.75) is 12.1 Å². The number of methoxy groups -OCH3 is 1. The number of hydrogen-bond acceptors (Lipinski definition) is 5. The normalized spacial score (nSPS) is 33.5. The molecule has 2 aliphatic rings. The van der Waals surface area contributed by atoms with Crippen molar-refractivity contribution in [2.24, 2.45) is 0 Å². The molecule has 5 heteroatoms. The zero-order valence-electron chi connectivity index (χ0n) is 8.36. The average Bonchev–Trinajstić information content (AvgIpc) is 2.27. The molecule has 0 amide bonds. The summed E-state index contributed by atoms with van der Waals surface area (Å²) in [7, 11) is 1.43. The minimum atomic E-state index is -0.172. The van der Waals surface area contributed by atoms with E-state index >= 15 is 0 Å². The van der Waals surface area contributed by atoms with Gasteiger partial charge in [-0.25, -0.2) is 0 Å². The third-order valence-corrected chi connectivity index (χ3v) is 2.85. The fraction of sp³-hybridized carbons (Fsp3) is 0.889. The van der Waals surface area contributed by atoms with E-state index in [9.17, 15) is 4.79 Å². The van der Waals surface area contributed by atoms with Crippen LogP contribution in [0, 0.1) is 0 Å². The lowest BCUT2D eigenvalue weighted by Gasteiger charge is -2.41. The van der Waals surface area contributed by atoms with E-state index in [4.69, 9.17) is 9.47 Å². The van der Waals surface area contributed by atoms with E-state index in [1.807, 2.05) is 0 Å². The third kappa shape index (κ3) is 1.89. The van der Waals surface area contributed by atoms with Gasteiger partial charge in [0.15, 0.2) is 0 Å². The summed E-state index contributed by atoms with van der Waals surface area (Å²) in [4.78, 5) is 13.6. The Morgan fingerprint density at radius 2 is 2.50 bits per heavy atom. The van der Waals surface area contributed by atoms with Crippen LogP contribution in [0.1, 0.15) is 0 Å². The Morgan fingerprint density at radius 1 is 1.64 bits per heavy atom. The van der Waals surface area contributed by atoms with Crippen molar-refractivity contribution < 1.29 is 14.3 Å². The van der Waals surface area contributed by atoms with Crippen molar-refractivity contribution in [3.8, 4) is 0 Å². The first-order chi connectivity index (χ1) is 6.81. The second-order valence-electron chi connectivity index (χ2n) is 3.71. The maximum absolute atomic E-state index is 11.3. The number of rotatable bonds is 1. The average molecular weight is 200 g/mol. The molecule has 2 aliphatic heterocycles. The summed E-state index contributed by atoms with van der Waals surface area (Å²) in [6.45, 7) is 3.99. The van der Waals surface area contributed by atoms with Gasteiger partial charge in [-0.1, -0.05) is 0 Å². The number of morpholine rings is 1. The standard InChI is InChI=1S/C9H16N2O3/c1-13-9(12)8-5-11-2-3-14-6-7(11)4-10-8/h7-8,10H,2-6H2,1H3. The van der Waals surface area contributed by atoms with E-state index in [-0.39, 0.29) is 12.0 Å². The lowest BCUT2D eigenvalue weighted by atomic mass is 10.1. The van der Waals surface area contributed by atoms with Crippen molar-refractivity contribution in [1.82, 2.24) is 10.2 Å². The quantitative estimate of drug-likeness (QED) is 0.541. The fourth-order valence-electron chi connectivity index (χ4n) is 2.00. The van der Waals surface area contributed by atoms with Gasteiger partial charge in [0.1, 0.15) is 6.04 Å². The van der Waals surface area contributed by atoms with Gasteiger partial charge in [-0.15, -0.1) is 0 Å². The van der Waals surface area contributed by atoms with E-state index in [2.05, 4.69) is 10.2 Å². The molecule has 2 atom stereocenters. The number of hydrogen-bond donors (Lipinski definition) is 1. The molecule has 0 bridgehead atoms. The second kappa shape index (κ2) is 4.25. The van der Waals surface area contributed by atoms with Crippen LogP contribution in [0.2, 0.25) is 0 Å². The van der Waals surface area contributed by atoms with Crippen molar-refractivity contribution in [1.29, 1.82) is 0 Å². The van der Waals surface area contributed by atoms with Gasteiger partial charge in [0.05, 0.1) is 20.3 Å². The fourth-order valence-corrected chi connectivity index (χ4v) is 2.00. The van der Waals surface area contributed by atoms with Gasteiger partial charge in [0.2, 0.25) is 0 Å². The lowest BCUT2D eigenvalue weighted by molar-refractivity contribution is -0.146. The van der Waals surface area contributed by atoms with Crippen LogP contribution in [0.15, 0.2) is 0 Å². The monoisotopic (exact) mass is 200 g/mol. The van der Waals surface area contributed by atoms with Gasteiger partial charge >= 0.3 is 5.97 Å². The van der Waals surface area contributed by atoms with E-state index in [1.54, 1.807) is 0 Å². The van der Waals surface area contributed by atoms with Gasteiger partial charge in [0.25, 0.3) is 0 Å². The molecule has 0 spiro atoms. The van der Waals surface area contributed by atoms with Crippen LogP contribution in [-0.2, 0) is 14.3 Å². The van der Waals surface area contributed by atoms with E-state index in [0.29, 0.717) is 6.04 Å². The zero-order valence-corrected chi connectivity index (χ0v) is 8.36. The summed E-state index contributed by atoms with van der Waals surface area (Å²) in [5.41, 5.74) is 0. The first-order valence-corrected chi connectivity index (χ1v) is 4.94. The molecule has 0 aliphatic carbocycles. The van der Waals surface area contributed by atoms with Gasteiger partial charge in [0, 0.05) is 25.7 Å². The summed E-state index contributed by atoms with van der Waals surface area (Å²) in [6.07, 6.45) is 0. The largest absolute Gasteiger partial charge is 0.468 e. The minimum absolute atomic E-state index is 0.171. The summed E-state index contributed by atoms with van der Waals surface area (Å²) in [5.74, 6) is -0.171. The van der Waals surface area contributed by atoms with Gasteiger partial charge in [-0.05, 0) is 0 Å². The molecule has 0 saturated carbocycles. The number of nitrogens with zero attached hydrogens (tertiary/aromatic N) is 1. The van der Waals surface area contributed by atoms with E-state index in [0.717, 1.165) is 32.8 Å². The summed E-state index contributed by atoms with van der Waals surface area (Å²) >= 11 is 0. The van der Waals surface area contributed by atoms with Crippen LogP contribution in [0.5, 0.6) is 0 Å². The summed E-state index contributed by atoms with van der Waals surface area (Å²) < 4.78 is 10.1. The Kier molecular flexibility index (Phi) is 3.00. The van der Waals surface area contributed by atoms with Crippen LogP contribution in [0.3, 0.4) is 0 Å². The first-order valence-electron chi connectivity index (χ1n) is 4.94. The maximum Gasteiger partial charge on any atom is 0.324 e. The molecule has 0 aromatic carbocycles. The predicted molar refractivity (Wildman–Crippen MR) is 50.0 cm³/mol. The second-order valence-corrected chi connectivity index (χ2v) is 3.71. The molecule has 1 N–H and O–H groups in total. The SMILES string of the molecule is COC(=O)C1CN2CCOCC2CN1. The highest BCUT2D eigenvalue weighted by molar-refractivity contribution is 5.76. The molecule has 2 fully saturated rings. The Labute approximate surface area is 83.3 Å². The van der Waals surface area contributed by atoms with Crippen molar-refractivity contribution in [3.63, 3.8) is 0 Å². The number of carbonyl (C=O) groups is 1. The number of carbonyl (C=O) groups excluding carboxylic acids is 1. The molecule has 2 unspecified atom stereocenters. The number of esters is 1. The van der Waals surface area contributed by atoms with Crippen molar-refractivity contribution >= 4 is 5.97 Å².